The monoisotopic (exact) mass is 281 g/mol. The highest BCUT2D eigenvalue weighted by atomic mass is 14.9. The summed E-state index contributed by atoms with van der Waals surface area (Å²) in [4.78, 5) is 0. The van der Waals surface area contributed by atoms with E-state index in [9.17, 15) is 0 Å². The van der Waals surface area contributed by atoms with E-state index in [1.807, 2.05) is 0 Å². The highest BCUT2D eigenvalue weighted by Crippen LogP contribution is 2.41. The number of hydrogen-bond donors (Lipinski definition) is 1. The average Bonchev–Trinajstić information content (AvgIpc) is 2.47. The van der Waals surface area contributed by atoms with Gasteiger partial charge in [0.2, 0.25) is 0 Å². The first kappa shape index (κ1) is 14.6. The summed E-state index contributed by atoms with van der Waals surface area (Å²) in [5, 5.41) is 6.38. The predicted octanol–water partition coefficient (Wildman–Crippen LogP) is 5.17. The molecule has 0 amide bonds. The summed E-state index contributed by atoms with van der Waals surface area (Å²) in [6.45, 7) is 4.83. The molecule has 3 unspecified atom stereocenters. The highest BCUT2D eigenvalue weighted by Gasteiger charge is 2.30. The van der Waals surface area contributed by atoms with Crippen LogP contribution in [0.25, 0.3) is 10.8 Å². The zero-order chi connectivity index (χ0) is 14.8. The lowest BCUT2D eigenvalue weighted by Crippen LogP contribution is -2.31. The van der Waals surface area contributed by atoms with Crippen LogP contribution < -0.4 is 5.32 Å². The Bertz CT molecular complexity index is 588. The minimum absolute atomic E-state index is 0.473. The van der Waals surface area contributed by atoms with Gasteiger partial charge in [-0.1, -0.05) is 56.3 Å². The van der Waals surface area contributed by atoms with Crippen LogP contribution in [0.5, 0.6) is 0 Å². The first-order valence-electron chi connectivity index (χ1n) is 8.34. The van der Waals surface area contributed by atoms with Crippen molar-refractivity contribution in [2.75, 3.05) is 7.05 Å². The second-order valence-electron chi connectivity index (χ2n) is 7.01. The molecule has 0 heterocycles. The maximum atomic E-state index is 3.62. The maximum absolute atomic E-state index is 3.62. The number of hydrogen-bond acceptors (Lipinski definition) is 1. The molecule has 112 valence electrons. The molecule has 0 saturated heterocycles. The van der Waals surface area contributed by atoms with Crippen LogP contribution in [0.3, 0.4) is 0 Å². The van der Waals surface area contributed by atoms with Gasteiger partial charge in [-0.3, -0.25) is 0 Å². The molecule has 0 aliphatic heterocycles. The van der Waals surface area contributed by atoms with E-state index in [2.05, 4.69) is 68.7 Å². The Labute approximate surface area is 128 Å². The fourth-order valence-corrected chi connectivity index (χ4v) is 4.45. The highest BCUT2D eigenvalue weighted by molar-refractivity contribution is 5.86. The van der Waals surface area contributed by atoms with Gasteiger partial charge in [-0.25, -0.2) is 0 Å². The van der Waals surface area contributed by atoms with Crippen LogP contribution in [0.2, 0.25) is 0 Å². The Morgan fingerprint density at radius 3 is 2.29 bits per heavy atom. The first-order chi connectivity index (χ1) is 10.2. The molecule has 0 bridgehead atoms. The van der Waals surface area contributed by atoms with Gasteiger partial charge in [-0.05, 0) is 60.4 Å². The van der Waals surface area contributed by atoms with Crippen molar-refractivity contribution in [1.29, 1.82) is 0 Å². The lowest BCUT2D eigenvalue weighted by atomic mass is 9.72. The Morgan fingerprint density at radius 2 is 1.57 bits per heavy atom. The summed E-state index contributed by atoms with van der Waals surface area (Å²) in [5.74, 6) is 2.45. The molecule has 3 rings (SSSR count). The molecule has 1 N–H and O–H groups in total. The topological polar surface area (TPSA) is 12.0 Å². The van der Waals surface area contributed by atoms with Gasteiger partial charge < -0.3 is 5.32 Å². The molecule has 0 spiro atoms. The third-order valence-corrected chi connectivity index (χ3v) is 5.16. The van der Waals surface area contributed by atoms with E-state index in [1.54, 1.807) is 0 Å². The van der Waals surface area contributed by atoms with Crippen LogP contribution in [0.4, 0.5) is 0 Å². The van der Waals surface area contributed by atoms with E-state index in [4.69, 9.17) is 0 Å². The number of benzene rings is 2. The quantitative estimate of drug-likeness (QED) is 0.818. The Balaban J connectivity index is 1.98. The predicted molar refractivity (Wildman–Crippen MR) is 91.4 cm³/mol. The third kappa shape index (κ3) is 2.98. The van der Waals surface area contributed by atoms with E-state index < -0.39 is 0 Å². The van der Waals surface area contributed by atoms with Gasteiger partial charge in [0.25, 0.3) is 0 Å². The third-order valence-electron chi connectivity index (χ3n) is 5.16. The van der Waals surface area contributed by atoms with Crippen LogP contribution in [0.15, 0.2) is 42.5 Å². The molecule has 1 nitrogen and oxygen atoms in total. The molecule has 3 atom stereocenters. The zero-order valence-corrected chi connectivity index (χ0v) is 13.5. The molecular formula is C20H27N. The molecule has 21 heavy (non-hydrogen) atoms. The normalized spacial score (nSPS) is 27.7. The van der Waals surface area contributed by atoms with Crippen molar-refractivity contribution in [3.05, 3.63) is 48.0 Å². The lowest BCUT2D eigenvalue weighted by molar-refractivity contribution is 0.181. The maximum Gasteiger partial charge on any atom is 0.0352 e. The van der Waals surface area contributed by atoms with Crippen LogP contribution in [-0.2, 0) is 0 Å². The van der Waals surface area contributed by atoms with Crippen molar-refractivity contribution in [2.45, 2.75) is 39.2 Å². The van der Waals surface area contributed by atoms with Crippen molar-refractivity contribution < 1.29 is 0 Å². The van der Waals surface area contributed by atoms with E-state index in [0.717, 1.165) is 17.8 Å². The van der Waals surface area contributed by atoms with Gasteiger partial charge in [0.05, 0.1) is 0 Å². The molecule has 2 aromatic carbocycles. The summed E-state index contributed by atoms with van der Waals surface area (Å²) in [5.41, 5.74) is 1.47. The average molecular weight is 281 g/mol. The van der Waals surface area contributed by atoms with E-state index in [1.165, 1.54) is 35.6 Å². The summed E-state index contributed by atoms with van der Waals surface area (Å²) in [6, 6.07) is 16.0. The van der Waals surface area contributed by atoms with Crippen molar-refractivity contribution in [3.8, 4) is 0 Å². The van der Waals surface area contributed by atoms with Crippen molar-refractivity contribution in [1.82, 2.24) is 5.32 Å². The molecule has 2 aromatic rings. The van der Waals surface area contributed by atoms with Crippen molar-refractivity contribution in [3.63, 3.8) is 0 Å². The SMILES string of the molecule is CNC(c1cccc2ccccc12)C1CC(C)CC(C)C1. The zero-order valence-electron chi connectivity index (χ0n) is 13.5. The summed E-state index contributed by atoms with van der Waals surface area (Å²) in [7, 11) is 2.12. The van der Waals surface area contributed by atoms with Crippen LogP contribution in [0, 0.1) is 17.8 Å². The molecule has 1 heteroatoms. The van der Waals surface area contributed by atoms with Gasteiger partial charge >= 0.3 is 0 Å². The second kappa shape index (κ2) is 6.19. The second-order valence-corrected chi connectivity index (χ2v) is 7.01. The van der Waals surface area contributed by atoms with E-state index in [-0.39, 0.29) is 0 Å². The molecule has 1 fully saturated rings. The number of fused-ring (bicyclic) bond motifs is 1. The van der Waals surface area contributed by atoms with Gasteiger partial charge in [-0.15, -0.1) is 0 Å². The number of rotatable bonds is 3. The van der Waals surface area contributed by atoms with Crippen LogP contribution in [0.1, 0.15) is 44.7 Å². The van der Waals surface area contributed by atoms with Crippen molar-refractivity contribution >= 4 is 10.8 Å². The Hall–Kier alpha value is -1.34. The summed E-state index contributed by atoms with van der Waals surface area (Å²) < 4.78 is 0. The van der Waals surface area contributed by atoms with Crippen molar-refractivity contribution in [2.24, 2.45) is 17.8 Å². The largest absolute Gasteiger partial charge is 0.313 e. The van der Waals surface area contributed by atoms with Gasteiger partial charge in [0, 0.05) is 6.04 Å². The summed E-state index contributed by atoms with van der Waals surface area (Å²) in [6.07, 6.45) is 4.08. The standard InChI is InChI=1S/C20H27N/c1-14-11-15(2)13-17(12-14)20(21-3)19-10-6-8-16-7-4-5-9-18(16)19/h4-10,14-15,17,20-21H,11-13H2,1-3H3. The van der Waals surface area contributed by atoms with E-state index >= 15 is 0 Å². The lowest BCUT2D eigenvalue weighted by Gasteiger charge is -2.37. The molecule has 1 saturated carbocycles. The minimum atomic E-state index is 0.473. The fraction of sp³-hybridized carbons (Fsp3) is 0.500. The van der Waals surface area contributed by atoms with Gasteiger partial charge in [0.1, 0.15) is 0 Å². The minimum Gasteiger partial charge on any atom is -0.313 e. The first-order valence-corrected chi connectivity index (χ1v) is 8.34. The molecule has 0 radical (unpaired) electrons. The fourth-order valence-electron chi connectivity index (χ4n) is 4.45. The Morgan fingerprint density at radius 1 is 0.905 bits per heavy atom. The molecule has 0 aromatic heterocycles. The van der Waals surface area contributed by atoms with Gasteiger partial charge in [-0.2, -0.15) is 0 Å². The van der Waals surface area contributed by atoms with Gasteiger partial charge in [0.15, 0.2) is 0 Å². The van der Waals surface area contributed by atoms with Crippen LogP contribution >= 0.6 is 0 Å². The molecule has 1 aliphatic carbocycles. The Kier molecular flexibility index (Phi) is 4.30. The number of nitrogens with one attached hydrogen (secondary N) is 1. The molecular weight excluding hydrogens is 254 g/mol. The molecule has 1 aliphatic rings. The summed E-state index contributed by atoms with van der Waals surface area (Å²) >= 11 is 0. The van der Waals surface area contributed by atoms with E-state index in [0.29, 0.717) is 6.04 Å². The smallest absolute Gasteiger partial charge is 0.0352 e. The van der Waals surface area contributed by atoms with Crippen LogP contribution in [-0.4, -0.2) is 7.05 Å².